The number of carbonyl (C=O) groups is 1. The first kappa shape index (κ1) is 16.0. The molecule has 0 saturated heterocycles. The molecule has 0 unspecified atom stereocenters. The fourth-order valence-electron chi connectivity index (χ4n) is 5.80. The van der Waals surface area contributed by atoms with Gasteiger partial charge in [0.05, 0.1) is 6.04 Å². The van der Waals surface area contributed by atoms with Crippen LogP contribution in [0.15, 0.2) is 30.3 Å². The van der Waals surface area contributed by atoms with E-state index in [0.717, 1.165) is 43.1 Å². The third-order valence-corrected chi connectivity index (χ3v) is 6.39. The zero-order valence-electron chi connectivity index (χ0n) is 13.4. The van der Waals surface area contributed by atoms with Gasteiger partial charge in [-0.1, -0.05) is 30.3 Å². The lowest BCUT2D eigenvalue weighted by Gasteiger charge is -2.56. The molecular weight excluding hydrogens is 315 g/mol. The second kappa shape index (κ2) is 5.78. The minimum Gasteiger partial charge on any atom is -0.341 e. The van der Waals surface area contributed by atoms with Gasteiger partial charge in [-0.25, -0.2) is 0 Å². The van der Waals surface area contributed by atoms with Crippen LogP contribution in [0.25, 0.3) is 0 Å². The number of hydrogen-bond acceptors (Lipinski definition) is 1. The molecule has 0 heterocycles. The van der Waals surface area contributed by atoms with Crippen LogP contribution in [0.5, 0.6) is 0 Å². The summed E-state index contributed by atoms with van der Waals surface area (Å²) in [5.74, 6) is 0.702. The second-order valence-electron chi connectivity index (χ2n) is 7.87. The van der Waals surface area contributed by atoms with E-state index in [0.29, 0.717) is 11.8 Å². The van der Waals surface area contributed by atoms with Crippen molar-refractivity contribution in [1.82, 2.24) is 5.32 Å². The zero-order valence-corrected chi connectivity index (χ0v) is 13.4. The van der Waals surface area contributed by atoms with Crippen molar-refractivity contribution in [3.63, 3.8) is 0 Å². The summed E-state index contributed by atoms with van der Waals surface area (Å²) in [4.78, 5) is 11.6. The highest BCUT2D eigenvalue weighted by molar-refractivity contribution is 5.82. The Balaban J connectivity index is 1.64. The molecular formula is C19H22F3NO. The molecule has 1 amide bonds. The molecule has 5 heteroatoms. The maximum absolute atomic E-state index is 12.8. The first-order valence-electron chi connectivity index (χ1n) is 8.84. The molecule has 4 fully saturated rings. The van der Waals surface area contributed by atoms with E-state index >= 15 is 0 Å². The van der Waals surface area contributed by atoms with Crippen molar-refractivity contribution in [1.29, 1.82) is 0 Å². The van der Waals surface area contributed by atoms with Crippen LogP contribution < -0.4 is 5.32 Å². The zero-order chi connectivity index (χ0) is 16.9. The van der Waals surface area contributed by atoms with Crippen molar-refractivity contribution in [3.05, 3.63) is 35.9 Å². The Labute approximate surface area is 139 Å². The summed E-state index contributed by atoms with van der Waals surface area (Å²) in [6.45, 7) is 0. The minimum atomic E-state index is -4.83. The van der Waals surface area contributed by atoms with Crippen molar-refractivity contribution in [3.8, 4) is 0 Å². The SMILES string of the molecule is O=C(N[C@H](c1ccccc1)C1C2CC3CC(C2)CC1C3)C(F)(F)F. The topological polar surface area (TPSA) is 29.1 Å². The van der Waals surface area contributed by atoms with Crippen molar-refractivity contribution < 1.29 is 18.0 Å². The van der Waals surface area contributed by atoms with Gasteiger partial charge in [-0.15, -0.1) is 0 Å². The largest absolute Gasteiger partial charge is 0.471 e. The molecule has 1 aromatic carbocycles. The van der Waals surface area contributed by atoms with E-state index in [1.807, 2.05) is 30.3 Å². The molecule has 4 aliphatic rings. The molecule has 0 spiro atoms. The quantitative estimate of drug-likeness (QED) is 0.866. The summed E-state index contributed by atoms with van der Waals surface area (Å²) < 4.78 is 38.5. The van der Waals surface area contributed by atoms with Crippen LogP contribution in [0.2, 0.25) is 0 Å². The van der Waals surface area contributed by atoms with Gasteiger partial charge in [-0.2, -0.15) is 13.2 Å². The fraction of sp³-hybridized carbons (Fsp3) is 0.632. The molecule has 130 valence electrons. The maximum atomic E-state index is 12.8. The molecule has 1 aromatic rings. The predicted molar refractivity (Wildman–Crippen MR) is 83.9 cm³/mol. The lowest BCUT2D eigenvalue weighted by Crippen LogP contribution is -2.51. The van der Waals surface area contributed by atoms with Crippen LogP contribution in [-0.4, -0.2) is 12.1 Å². The highest BCUT2D eigenvalue weighted by Gasteiger charge is 2.52. The number of alkyl halides is 3. The normalized spacial score (nSPS) is 35.7. The number of rotatable bonds is 3. The van der Waals surface area contributed by atoms with Gasteiger partial charge < -0.3 is 5.32 Å². The number of amides is 1. The summed E-state index contributed by atoms with van der Waals surface area (Å²) in [6.07, 6.45) is 0.918. The molecule has 4 aliphatic carbocycles. The van der Waals surface area contributed by atoms with Gasteiger partial charge >= 0.3 is 12.1 Å². The lowest BCUT2D eigenvalue weighted by molar-refractivity contribution is -0.176. The van der Waals surface area contributed by atoms with Crippen LogP contribution in [0, 0.1) is 29.6 Å². The van der Waals surface area contributed by atoms with Crippen LogP contribution in [0.1, 0.15) is 43.7 Å². The highest BCUT2D eigenvalue weighted by Crippen LogP contribution is 2.59. The van der Waals surface area contributed by atoms with E-state index in [1.165, 1.54) is 6.42 Å². The first-order valence-corrected chi connectivity index (χ1v) is 8.84. The van der Waals surface area contributed by atoms with E-state index in [1.54, 1.807) is 0 Å². The van der Waals surface area contributed by atoms with Crippen LogP contribution in [0.4, 0.5) is 13.2 Å². The number of nitrogens with one attached hydrogen (secondary N) is 1. The monoisotopic (exact) mass is 337 g/mol. The van der Waals surface area contributed by atoms with Crippen LogP contribution >= 0.6 is 0 Å². The van der Waals surface area contributed by atoms with Crippen molar-refractivity contribution in [2.24, 2.45) is 29.6 Å². The van der Waals surface area contributed by atoms with E-state index < -0.39 is 18.1 Å². The van der Waals surface area contributed by atoms with E-state index in [4.69, 9.17) is 0 Å². The van der Waals surface area contributed by atoms with E-state index in [9.17, 15) is 18.0 Å². The van der Waals surface area contributed by atoms with Crippen LogP contribution in [0.3, 0.4) is 0 Å². The Kier molecular flexibility index (Phi) is 3.85. The van der Waals surface area contributed by atoms with Gasteiger partial charge in [0.15, 0.2) is 0 Å². The number of benzene rings is 1. The molecule has 0 radical (unpaired) electrons. The summed E-state index contributed by atoms with van der Waals surface area (Å²) in [7, 11) is 0. The Morgan fingerprint density at radius 2 is 1.50 bits per heavy atom. The number of hydrogen-bond donors (Lipinski definition) is 1. The second-order valence-corrected chi connectivity index (χ2v) is 7.87. The molecule has 0 aliphatic heterocycles. The summed E-state index contributed by atoms with van der Waals surface area (Å²) in [5.41, 5.74) is 0.799. The summed E-state index contributed by atoms with van der Waals surface area (Å²) in [6, 6.07) is 8.66. The Morgan fingerprint density at radius 3 is 2.00 bits per heavy atom. The Hall–Kier alpha value is -1.52. The van der Waals surface area contributed by atoms with Crippen molar-refractivity contribution in [2.75, 3.05) is 0 Å². The molecule has 24 heavy (non-hydrogen) atoms. The standard InChI is InChI=1S/C19H22F3NO/c20-19(21,22)18(24)23-17(13-4-2-1-3-5-13)16-14-7-11-6-12(9-14)10-15(16)8-11/h1-5,11-12,14-17H,6-10H2,(H,23,24)/t11?,12?,14?,15?,16?,17-/m1/s1. The fourth-order valence-corrected chi connectivity index (χ4v) is 5.80. The van der Waals surface area contributed by atoms with Gasteiger partial charge in [0, 0.05) is 0 Å². The smallest absolute Gasteiger partial charge is 0.341 e. The van der Waals surface area contributed by atoms with Gasteiger partial charge in [-0.05, 0) is 67.3 Å². The third-order valence-electron chi connectivity index (χ3n) is 6.39. The Morgan fingerprint density at radius 1 is 0.958 bits per heavy atom. The average Bonchev–Trinajstić information content (AvgIpc) is 2.52. The molecule has 4 bridgehead atoms. The van der Waals surface area contributed by atoms with Crippen molar-refractivity contribution in [2.45, 2.75) is 44.3 Å². The van der Waals surface area contributed by atoms with Gasteiger partial charge in [0.25, 0.3) is 0 Å². The highest BCUT2D eigenvalue weighted by atomic mass is 19.4. The number of carbonyl (C=O) groups excluding carboxylic acids is 1. The van der Waals surface area contributed by atoms with E-state index in [2.05, 4.69) is 5.32 Å². The summed E-state index contributed by atoms with van der Waals surface area (Å²) in [5, 5.41) is 2.34. The molecule has 4 saturated carbocycles. The Bertz CT molecular complexity index is 585. The molecule has 5 rings (SSSR count). The maximum Gasteiger partial charge on any atom is 0.471 e. The first-order chi connectivity index (χ1) is 11.4. The van der Waals surface area contributed by atoms with Crippen molar-refractivity contribution >= 4 is 5.91 Å². The third kappa shape index (κ3) is 2.82. The van der Waals surface area contributed by atoms with Crippen LogP contribution in [-0.2, 0) is 4.79 Å². The minimum absolute atomic E-state index is 0.131. The van der Waals surface area contributed by atoms with Gasteiger partial charge in [0.2, 0.25) is 0 Å². The van der Waals surface area contributed by atoms with Gasteiger partial charge in [0.1, 0.15) is 0 Å². The average molecular weight is 337 g/mol. The van der Waals surface area contributed by atoms with E-state index in [-0.39, 0.29) is 5.92 Å². The summed E-state index contributed by atoms with van der Waals surface area (Å²) >= 11 is 0. The lowest BCUT2D eigenvalue weighted by atomic mass is 9.50. The number of halogens is 3. The molecule has 2 nitrogen and oxygen atoms in total. The molecule has 1 atom stereocenters. The van der Waals surface area contributed by atoms with Gasteiger partial charge in [-0.3, -0.25) is 4.79 Å². The molecule has 0 aromatic heterocycles. The molecule has 1 N–H and O–H groups in total. The predicted octanol–water partition coefficient (Wildman–Crippen LogP) is 4.48.